The molecule has 220 valence electrons. The molecule has 1 atom stereocenters. The third-order valence-corrected chi connectivity index (χ3v) is 8.41. The van der Waals surface area contributed by atoms with Crippen LogP contribution in [0.15, 0.2) is 57.9 Å². The van der Waals surface area contributed by atoms with Crippen LogP contribution in [0.25, 0.3) is 21.9 Å². The number of likely N-dealkylation sites (tertiary alicyclic amines) is 1. The molecule has 3 heterocycles. The van der Waals surface area contributed by atoms with E-state index in [1.807, 2.05) is 31.2 Å². The molecule has 1 aliphatic heterocycles. The number of amides is 1. The number of hydrogen-bond acceptors (Lipinski definition) is 7. The summed E-state index contributed by atoms with van der Waals surface area (Å²) in [6.45, 7) is 4.67. The van der Waals surface area contributed by atoms with Crippen LogP contribution in [0, 0.1) is 12.8 Å². The van der Waals surface area contributed by atoms with E-state index in [1.165, 1.54) is 12.8 Å². The van der Waals surface area contributed by atoms with Crippen molar-refractivity contribution in [2.24, 2.45) is 5.92 Å². The zero-order chi connectivity index (χ0) is 29.1. The fourth-order valence-corrected chi connectivity index (χ4v) is 6.20. The molecule has 2 fully saturated rings. The average molecular weight is 570 g/mol. The third-order valence-electron chi connectivity index (χ3n) is 8.41. The van der Waals surface area contributed by atoms with Crippen LogP contribution in [-0.4, -0.2) is 48.6 Å². The zero-order valence-electron chi connectivity index (χ0n) is 24.5. The minimum absolute atomic E-state index is 0.0829. The molecule has 4 aromatic rings. The predicted molar refractivity (Wildman–Crippen MR) is 163 cm³/mol. The standard InChI is InChI=1S/C34H39N3O5/c1-22-16-29-33(39)28-13-12-26(18-30(28)42-34(29)31(17-22)40-21-23-6-5-15-37(2)20-23)41-27-11-9-24(35-19-27)10-14-32(38)36-25-7-3-4-8-25/h9,11-13,16-19,23,25H,3-8,10,14-15,20-21H2,1-2H3,(H,36,38). The Kier molecular flexibility index (Phi) is 8.42. The Balaban J connectivity index is 1.16. The second-order valence-corrected chi connectivity index (χ2v) is 11.9. The van der Waals surface area contributed by atoms with Gasteiger partial charge in [-0.25, -0.2) is 0 Å². The number of hydrogen-bond donors (Lipinski definition) is 1. The molecule has 8 nitrogen and oxygen atoms in total. The van der Waals surface area contributed by atoms with Crippen molar-refractivity contribution in [1.29, 1.82) is 0 Å². The maximum absolute atomic E-state index is 13.5. The maximum Gasteiger partial charge on any atom is 0.220 e. The Labute approximate surface area is 246 Å². The molecule has 0 spiro atoms. The lowest BCUT2D eigenvalue weighted by atomic mass is 9.99. The molecule has 0 radical (unpaired) electrons. The second kappa shape index (κ2) is 12.5. The molecule has 2 aliphatic rings. The van der Waals surface area contributed by atoms with Crippen LogP contribution in [-0.2, 0) is 11.2 Å². The molecule has 1 amide bonds. The highest BCUT2D eigenvalue weighted by molar-refractivity contribution is 5.93. The van der Waals surface area contributed by atoms with Crippen molar-refractivity contribution in [3.05, 3.63) is 70.1 Å². The van der Waals surface area contributed by atoms with Gasteiger partial charge in [0.15, 0.2) is 11.3 Å². The van der Waals surface area contributed by atoms with E-state index in [0.717, 1.165) is 50.0 Å². The topological polar surface area (TPSA) is 93.9 Å². The summed E-state index contributed by atoms with van der Waals surface area (Å²) in [5.41, 5.74) is 2.60. The van der Waals surface area contributed by atoms with Crippen molar-refractivity contribution >= 4 is 27.8 Å². The molecule has 8 heteroatoms. The van der Waals surface area contributed by atoms with Gasteiger partial charge in [-0.2, -0.15) is 0 Å². The van der Waals surface area contributed by atoms with Crippen molar-refractivity contribution in [2.75, 3.05) is 26.7 Å². The summed E-state index contributed by atoms with van der Waals surface area (Å²) in [7, 11) is 2.14. The number of nitrogens with zero attached hydrogens (tertiary/aromatic N) is 2. The van der Waals surface area contributed by atoms with Crippen molar-refractivity contribution in [3.8, 4) is 17.2 Å². The molecule has 42 heavy (non-hydrogen) atoms. The van der Waals surface area contributed by atoms with E-state index in [2.05, 4.69) is 22.2 Å². The summed E-state index contributed by atoms with van der Waals surface area (Å²) in [5.74, 6) is 2.23. The van der Waals surface area contributed by atoms with Gasteiger partial charge in [-0.15, -0.1) is 0 Å². The molecule has 1 unspecified atom stereocenters. The van der Waals surface area contributed by atoms with E-state index in [-0.39, 0.29) is 11.3 Å². The summed E-state index contributed by atoms with van der Waals surface area (Å²) in [6.07, 6.45) is 9.50. The minimum atomic E-state index is -0.0910. The number of ether oxygens (including phenoxy) is 2. The van der Waals surface area contributed by atoms with E-state index in [0.29, 0.717) is 70.6 Å². The zero-order valence-corrected chi connectivity index (χ0v) is 24.5. The van der Waals surface area contributed by atoms with E-state index in [4.69, 9.17) is 13.9 Å². The van der Waals surface area contributed by atoms with Gasteiger partial charge in [-0.3, -0.25) is 14.6 Å². The number of pyridine rings is 1. The number of carbonyl (C=O) groups excluding carboxylic acids is 1. The Bertz CT molecular complexity index is 1620. The van der Waals surface area contributed by atoms with Crippen molar-refractivity contribution in [2.45, 2.75) is 64.3 Å². The fraction of sp³-hybridized carbons (Fsp3) is 0.441. The Morgan fingerprint density at radius 1 is 1.05 bits per heavy atom. The first kappa shape index (κ1) is 28.2. The van der Waals surface area contributed by atoms with E-state index >= 15 is 0 Å². The van der Waals surface area contributed by atoms with E-state index in [1.54, 1.807) is 24.4 Å². The van der Waals surface area contributed by atoms with Gasteiger partial charge in [0.05, 0.1) is 23.6 Å². The van der Waals surface area contributed by atoms with Gasteiger partial charge in [-0.05, 0) is 94.6 Å². The van der Waals surface area contributed by atoms with Gasteiger partial charge in [0.2, 0.25) is 11.3 Å². The smallest absolute Gasteiger partial charge is 0.220 e. The van der Waals surface area contributed by atoms with Gasteiger partial charge in [0, 0.05) is 36.7 Å². The number of carbonyl (C=O) groups is 1. The Hall–Kier alpha value is -3.91. The highest BCUT2D eigenvalue weighted by Gasteiger charge is 2.20. The van der Waals surface area contributed by atoms with Gasteiger partial charge in [0.1, 0.15) is 17.1 Å². The number of nitrogens with one attached hydrogen (secondary N) is 1. The van der Waals surface area contributed by atoms with Crippen molar-refractivity contribution in [3.63, 3.8) is 0 Å². The first-order valence-corrected chi connectivity index (χ1v) is 15.2. The van der Waals surface area contributed by atoms with Gasteiger partial charge >= 0.3 is 0 Å². The van der Waals surface area contributed by atoms with Gasteiger partial charge in [0.25, 0.3) is 0 Å². The molecule has 2 aromatic carbocycles. The number of benzene rings is 2. The molecule has 1 saturated carbocycles. The quantitative estimate of drug-likeness (QED) is 0.242. The molecular formula is C34H39N3O5. The molecule has 0 bridgehead atoms. The lowest BCUT2D eigenvalue weighted by Gasteiger charge is -2.29. The maximum atomic E-state index is 13.5. The van der Waals surface area contributed by atoms with Crippen LogP contribution >= 0.6 is 0 Å². The molecule has 6 rings (SSSR count). The van der Waals surface area contributed by atoms with Crippen molar-refractivity contribution < 1.29 is 18.7 Å². The van der Waals surface area contributed by atoms with Gasteiger partial charge in [-0.1, -0.05) is 12.8 Å². The fourth-order valence-electron chi connectivity index (χ4n) is 6.20. The number of fused-ring (bicyclic) bond motifs is 2. The van der Waals surface area contributed by atoms with Gasteiger partial charge < -0.3 is 24.1 Å². The Morgan fingerprint density at radius 3 is 2.67 bits per heavy atom. The molecule has 2 aromatic heterocycles. The van der Waals surface area contributed by atoms with Crippen LogP contribution in [0.2, 0.25) is 0 Å². The number of rotatable bonds is 9. The average Bonchev–Trinajstić information content (AvgIpc) is 3.49. The number of aryl methyl sites for hydroxylation is 2. The summed E-state index contributed by atoms with van der Waals surface area (Å²) in [4.78, 5) is 32.5. The molecular weight excluding hydrogens is 530 g/mol. The SMILES string of the molecule is Cc1cc(OCC2CCCN(C)C2)c2oc3cc(Oc4ccc(CCC(=O)NC5CCCC5)nc4)ccc3c(=O)c2c1. The summed E-state index contributed by atoms with van der Waals surface area (Å²) < 4.78 is 18.6. The van der Waals surface area contributed by atoms with Crippen LogP contribution in [0.1, 0.15) is 56.2 Å². The first-order valence-electron chi connectivity index (χ1n) is 15.2. The second-order valence-electron chi connectivity index (χ2n) is 11.9. The van der Waals surface area contributed by atoms with Crippen molar-refractivity contribution in [1.82, 2.24) is 15.2 Å². The molecule has 1 saturated heterocycles. The lowest BCUT2D eigenvalue weighted by molar-refractivity contribution is -0.121. The monoisotopic (exact) mass is 569 g/mol. The Morgan fingerprint density at radius 2 is 1.88 bits per heavy atom. The molecule has 1 N–H and O–H groups in total. The highest BCUT2D eigenvalue weighted by atomic mass is 16.5. The number of aromatic nitrogens is 1. The summed E-state index contributed by atoms with van der Waals surface area (Å²) >= 11 is 0. The lowest BCUT2D eigenvalue weighted by Crippen LogP contribution is -2.34. The highest BCUT2D eigenvalue weighted by Crippen LogP contribution is 2.32. The predicted octanol–water partition coefficient (Wildman–Crippen LogP) is 6.15. The summed E-state index contributed by atoms with van der Waals surface area (Å²) in [5, 5.41) is 4.13. The minimum Gasteiger partial charge on any atom is -0.489 e. The van der Waals surface area contributed by atoms with E-state index < -0.39 is 0 Å². The first-order chi connectivity index (χ1) is 20.4. The van der Waals surface area contributed by atoms with Crippen LogP contribution in [0.5, 0.6) is 17.2 Å². The molecule has 1 aliphatic carbocycles. The normalized spacial score (nSPS) is 18.0. The van der Waals surface area contributed by atoms with Crippen LogP contribution in [0.4, 0.5) is 0 Å². The largest absolute Gasteiger partial charge is 0.489 e. The van der Waals surface area contributed by atoms with E-state index in [9.17, 15) is 9.59 Å². The number of piperidine rings is 1. The van der Waals surface area contributed by atoms with Crippen LogP contribution in [0.3, 0.4) is 0 Å². The van der Waals surface area contributed by atoms with Crippen LogP contribution < -0.4 is 20.2 Å². The third kappa shape index (κ3) is 6.59. The summed E-state index contributed by atoms with van der Waals surface area (Å²) in [6, 6.07) is 13.1.